The lowest BCUT2D eigenvalue weighted by molar-refractivity contribution is 0.311. The van der Waals surface area contributed by atoms with Crippen molar-refractivity contribution in [2.45, 2.75) is 26.7 Å². The van der Waals surface area contributed by atoms with Crippen LogP contribution in [0.4, 0.5) is 5.82 Å². The normalized spacial score (nSPS) is 17.2. The molecule has 0 N–H and O–H groups in total. The van der Waals surface area contributed by atoms with Gasteiger partial charge in [-0.25, -0.2) is 9.97 Å². The number of aryl methyl sites for hydroxylation is 1. The first-order chi connectivity index (χ1) is 8.61. The summed E-state index contributed by atoms with van der Waals surface area (Å²) in [5.74, 6) is 1.88. The van der Waals surface area contributed by atoms with E-state index in [0.717, 1.165) is 56.2 Å². The molecule has 5 heteroatoms. The van der Waals surface area contributed by atoms with E-state index in [9.17, 15) is 0 Å². The molecule has 100 valence electrons. The van der Waals surface area contributed by atoms with Gasteiger partial charge in [0.05, 0.1) is 0 Å². The van der Waals surface area contributed by atoms with Crippen molar-refractivity contribution in [1.82, 2.24) is 14.9 Å². The summed E-state index contributed by atoms with van der Waals surface area (Å²) in [6.45, 7) is 8.30. The third-order valence-corrected chi connectivity index (χ3v) is 3.75. The zero-order valence-electron chi connectivity index (χ0n) is 11.4. The highest BCUT2D eigenvalue weighted by molar-refractivity contribution is 6.30. The van der Waals surface area contributed by atoms with Gasteiger partial charge in [0.2, 0.25) is 0 Å². The average molecular weight is 269 g/mol. The summed E-state index contributed by atoms with van der Waals surface area (Å²) in [6, 6.07) is 0. The molecule has 0 unspecified atom stereocenters. The lowest BCUT2D eigenvalue weighted by Crippen LogP contribution is -2.45. The van der Waals surface area contributed by atoms with Crippen LogP contribution in [0.15, 0.2) is 0 Å². The second kappa shape index (κ2) is 5.85. The first-order valence-electron chi connectivity index (χ1n) is 6.58. The fraction of sp³-hybridized carbons (Fsp3) is 0.692. The molecule has 0 aliphatic carbocycles. The van der Waals surface area contributed by atoms with Gasteiger partial charge in [-0.15, -0.1) is 0 Å². The number of likely N-dealkylation sites (N-methyl/N-ethyl adjacent to an activating group) is 1. The van der Waals surface area contributed by atoms with Crippen molar-refractivity contribution in [3.63, 3.8) is 0 Å². The number of rotatable bonds is 3. The summed E-state index contributed by atoms with van der Waals surface area (Å²) in [5.41, 5.74) is 1.00. The molecule has 0 bridgehead atoms. The number of aromatic nitrogens is 2. The van der Waals surface area contributed by atoms with Crippen LogP contribution in [0.2, 0.25) is 5.15 Å². The van der Waals surface area contributed by atoms with Gasteiger partial charge in [-0.05, 0) is 20.4 Å². The summed E-state index contributed by atoms with van der Waals surface area (Å²) in [5, 5.41) is 0.599. The lowest BCUT2D eigenvalue weighted by Gasteiger charge is -2.34. The molecule has 0 spiro atoms. The third-order valence-electron chi connectivity index (χ3n) is 3.38. The third kappa shape index (κ3) is 2.93. The van der Waals surface area contributed by atoms with Crippen molar-refractivity contribution >= 4 is 17.4 Å². The van der Waals surface area contributed by atoms with E-state index in [4.69, 9.17) is 11.6 Å². The molecule has 0 atom stereocenters. The topological polar surface area (TPSA) is 32.3 Å². The molecule has 0 radical (unpaired) electrons. The fourth-order valence-corrected chi connectivity index (χ4v) is 2.36. The number of anilines is 1. The smallest absolute Gasteiger partial charge is 0.137 e. The van der Waals surface area contributed by atoms with Crippen LogP contribution in [-0.2, 0) is 6.42 Å². The van der Waals surface area contributed by atoms with Crippen LogP contribution in [0.25, 0.3) is 0 Å². The summed E-state index contributed by atoms with van der Waals surface area (Å²) < 4.78 is 0. The molecule has 2 heterocycles. The van der Waals surface area contributed by atoms with Gasteiger partial charge in [-0.2, -0.15) is 0 Å². The molecule has 4 nitrogen and oxygen atoms in total. The minimum atomic E-state index is 0.599. The van der Waals surface area contributed by atoms with Crippen LogP contribution in [-0.4, -0.2) is 48.1 Å². The van der Waals surface area contributed by atoms with Crippen LogP contribution in [0.5, 0.6) is 0 Å². The maximum atomic E-state index is 6.21. The predicted octanol–water partition coefficient (Wildman–Crippen LogP) is 2.14. The van der Waals surface area contributed by atoms with Crippen molar-refractivity contribution in [2.75, 3.05) is 38.1 Å². The molecular weight excluding hydrogens is 248 g/mol. The highest BCUT2D eigenvalue weighted by Crippen LogP contribution is 2.24. The van der Waals surface area contributed by atoms with Crippen molar-refractivity contribution in [3.05, 3.63) is 16.5 Å². The fourth-order valence-electron chi connectivity index (χ4n) is 2.18. The molecule has 1 aliphatic rings. The molecule has 2 rings (SSSR count). The van der Waals surface area contributed by atoms with E-state index in [1.54, 1.807) is 0 Å². The van der Waals surface area contributed by atoms with Gasteiger partial charge in [-0.1, -0.05) is 18.5 Å². The zero-order chi connectivity index (χ0) is 13.1. The Morgan fingerprint density at radius 1 is 1.17 bits per heavy atom. The predicted molar refractivity (Wildman–Crippen MR) is 75.5 cm³/mol. The number of hydrogen-bond acceptors (Lipinski definition) is 4. The Kier molecular flexibility index (Phi) is 4.40. The second-order valence-electron chi connectivity index (χ2n) is 4.92. The van der Waals surface area contributed by atoms with Gasteiger partial charge in [-0.3, -0.25) is 0 Å². The molecule has 18 heavy (non-hydrogen) atoms. The van der Waals surface area contributed by atoms with Crippen LogP contribution in [0.3, 0.4) is 0 Å². The van der Waals surface area contributed by atoms with Gasteiger partial charge in [0.15, 0.2) is 0 Å². The SMILES string of the molecule is CCCc1nc(Cl)c(C)c(N2CCN(C)CC2)n1. The molecule has 1 aliphatic heterocycles. The molecular formula is C13H21ClN4. The number of hydrogen-bond donors (Lipinski definition) is 0. The highest BCUT2D eigenvalue weighted by Gasteiger charge is 2.19. The molecule has 0 amide bonds. The summed E-state index contributed by atoms with van der Waals surface area (Å²) in [4.78, 5) is 13.7. The van der Waals surface area contributed by atoms with Gasteiger partial charge in [0.25, 0.3) is 0 Å². The summed E-state index contributed by atoms with van der Waals surface area (Å²) >= 11 is 6.21. The maximum Gasteiger partial charge on any atom is 0.137 e. The Bertz CT molecular complexity index is 414. The van der Waals surface area contributed by atoms with E-state index in [1.165, 1.54) is 0 Å². The van der Waals surface area contributed by atoms with Crippen molar-refractivity contribution < 1.29 is 0 Å². The maximum absolute atomic E-state index is 6.21. The zero-order valence-corrected chi connectivity index (χ0v) is 12.2. The number of nitrogens with zero attached hydrogens (tertiary/aromatic N) is 4. The standard InChI is InChI=1S/C13H21ClN4/c1-4-5-11-15-12(14)10(2)13(16-11)18-8-6-17(3)7-9-18/h4-9H2,1-3H3. The number of halogens is 1. The Morgan fingerprint density at radius 2 is 1.83 bits per heavy atom. The van der Waals surface area contributed by atoms with Gasteiger partial charge < -0.3 is 9.80 Å². The molecule has 1 fully saturated rings. The molecule has 1 saturated heterocycles. The van der Waals surface area contributed by atoms with E-state index >= 15 is 0 Å². The van der Waals surface area contributed by atoms with Crippen molar-refractivity contribution in [1.29, 1.82) is 0 Å². The van der Waals surface area contributed by atoms with E-state index in [0.29, 0.717) is 5.15 Å². The van der Waals surface area contributed by atoms with E-state index in [1.807, 2.05) is 6.92 Å². The van der Waals surface area contributed by atoms with Crippen LogP contribution < -0.4 is 4.90 Å². The lowest BCUT2D eigenvalue weighted by atomic mass is 10.2. The van der Waals surface area contributed by atoms with E-state index < -0.39 is 0 Å². The summed E-state index contributed by atoms with van der Waals surface area (Å²) in [6.07, 6.45) is 1.93. The minimum Gasteiger partial charge on any atom is -0.354 e. The second-order valence-corrected chi connectivity index (χ2v) is 5.28. The number of piperazine rings is 1. The molecule has 1 aromatic heterocycles. The van der Waals surface area contributed by atoms with Gasteiger partial charge in [0, 0.05) is 38.2 Å². The average Bonchev–Trinajstić information content (AvgIpc) is 2.35. The Morgan fingerprint density at radius 3 is 2.44 bits per heavy atom. The quantitative estimate of drug-likeness (QED) is 0.787. The monoisotopic (exact) mass is 268 g/mol. The van der Waals surface area contributed by atoms with Crippen LogP contribution in [0.1, 0.15) is 24.7 Å². The van der Waals surface area contributed by atoms with Crippen LogP contribution in [0, 0.1) is 6.92 Å². The van der Waals surface area contributed by atoms with Crippen molar-refractivity contribution in [2.24, 2.45) is 0 Å². The highest BCUT2D eigenvalue weighted by atomic mass is 35.5. The van der Waals surface area contributed by atoms with Crippen LogP contribution >= 0.6 is 11.6 Å². The Balaban J connectivity index is 2.25. The Labute approximate surface area is 114 Å². The molecule has 1 aromatic rings. The first-order valence-corrected chi connectivity index (χ1v) is 6.96. The minimum absolute atomic E-state index is 0.599. The largest absolute Gasteiger partial charge is 0.354 e. The summed E-state index contributed by atoms with van der Waals surface area (Å²) in [7, 11) is 2.15. The van der Waals surface area contributed by atoms with Gasteiger partial charge >= 0.3 is 0 Å². The van der Waals surface area contributed by atoms with E-state index in [-0.39, 0.29) is 0 Å². The van der Waals surface area contributed by atoms with Crippen molar-refractivity contribution in [3.8, 4) is 0 Å². The Hall–Kier alpha value is -0.870. The first kappa shape index (κ1) is 13.6. The molecule has 0 saturated carbocycles. The molecule has 0 aromatic carbocycles. The van der Waals surface area contributed by atoms with E-state index in [2.05, 4.69) is 33.7 Å². The van der Waals surface area contributed by atoms with Gasteiger partial charge in [0.1, 0.15) is 16.8 Å².